The molecule has 0 saturated carbocycles. The van der Waals surface area contributed by atoms with E-state index >= 15 is 0 Å². The second-order valence-electron chi connectivity index (χ2n) is 5.29. The van der Waals surface area contributed by atoms with Crippen molar-refractivity contribution in [1.82, 2.24) is 14.7 Å². The average molecular weight is 312 g/mol. The van der Waals surface area contributed by atoms with Gasteiger partial charge in [0, 0.05) is 38.6 Å². The molecule has 2 aromatic rings. The minimum absolute atomic E-state index is 0.0973. The van der Waals surface area contributed by atoms with Crippen LogP contribution in [0.3, 0.4) is 0 Å². The van der Waals surface area contributed by atoms with E-state index in [4.69, 9.17) is 0 Å². The van der Waals surface area contributed by atoms with E-state index in [0.29, 0.717) is 17.8 Å². The molecule has 0 unspecified atom stereocenters. The summed E-state index contributed by atoms with van der Waals surface area (Å²) in [6.07, 6.45) is 3.09. The first kappa shape index (κ1) is 16.5. The number of likely N-dealkylation sites (N-methyl/N-ethyl adjacent to an activating group) is 1. The molecule has 0 bridgehead atoms. The molecule has 2 amide bonds. The molecule has 0 spiro atoms. The molecule has 6 heteroatoms. The highest BCUT2D eigenvalue weighted by Gasteiger charge is 2.14. The topological polar surface area (TPSA) is 58.4 Å². The van der Waals surface area contributed by atoms with Crippen LogP contribution in [0.15, 0.2) is 49.2 Å². The summed E-state index contributed by atoms with van der Waals surface area (Å²) in [5, 5.41) is 4.26. The molecule has 0 atom stereocenters. The fourth-order valence-corrected chi connectivity index (χ4v) is 2.17. The third kappa shape index (κ3) is 3.85. The molecule has 0 fully saturated rings. The van der Waals surface area contributed by atoms with Crippen LogP contribution < -0.4 is 4.90 Å². The number of benzene rings is 1. The second kappa shape index (κ2) is 6.91. The van der Waals surface area contributed by atoms with E-state index in [1.54, 1.807) is 47.9 Å². The van der Waals surface area contributed by atoms with E-state index in [2.05, 4.69) is 11.7 Å². The van der Waals surface area contributed by atoms with Crippen molar-refractivity contribution < 1.29 is 9.59 Å². The molecule has 2 rings (SSSR count). The maximum Gasteiger partial charge on any atom is 0.253 e. The number of nitrogens with zero attached hydrogens (tertiary/aromatic N) is 4. The molecule has 6 nitrogen and oxygen atoms in total. The Morgan fingerprint density at radius 2 is 1.87 bits per heavy atom. The van der Waals surface area contributed by atoms with Crippen molar-refractivity contribution in [1.29, 1.82) is 0 Å². The number of rotatable bonds is 5. The van der Waals surface area contributed by atoms with Crippen molar-refractivity contribution in [3.05, 3.63) is 60.4 Å². The van der Waals surface area contributed by atoms with Crippen LogP contribution in [-0.4, -0.2) is 40.6 Å². The highest BCUT2D eigenvalue weighted by atomic mass is 16.2. The van der Waals surface area contributed by atoms with Gasteiger partial charge in [-0.2, -0.15) is 5.10 Å². The molecule has 1 aromatic heterocycles. The first-order valence-electron chi connectivity index (χ1n) is 7.16. The zero-order valence-corrected chi connectivity index (χ0v) is 13.6. The van der Waals surface area contributed by atoms with Gasteiger partial charge in [-0.15, -0.1) is 0 Å². The maximum absolute atomic E-state index is 12.4. The number of hydrogen-bond acceptors (Lipinski definition) is 3. The molecule has 0 saturated heterocycles. The third-order valence-corrected chi connectivity index (χ3v) is 3.52. The number of hydrogen-bond donors (Lipinski definition) is 0. The lowest BCUT2D eigenvalue weighted by atomic mass is 10.1. The van der Waals surface area contributed by atoms with Crippen molar-refractivity contribution in [2.45, 2.75) is 6.54 Å². The van der Waals surface area contributed by atoms with Gasteiger partial charge in [0.1, 0.15) is 0 Å². The second-order valence-corrected chi connectivity index (χ2v) is 5.29. The fourth-order valence-electron chi connectivity index (χ4n) is 2.17. The molecular formula is C17H20N4O2. The number of carbonyl (C=O) groups excluding carboxylic acids is 2. The van der Waals surface area contributed by atoms with Crippen molar-refractivity contribution in [2.24, 2.45) is 7.05 Å². The van der Waals surface area contributed by atoms with Gasteiger partial charge >= 0.3 is 0 Å². The van der Waals surface area contributed by atoms with Gasteiger partial charge in [-0.3, -0.25) is 14.3 Å². The third-order valence-electron chi connectivity index (χ3n) is 3.52. The molecule has 120 valence electrons. The monoisotopic (exact) mass is 312 g/mol. The van der Waals surface area contributed by atoms with Crippen LogP contribution in [0, 0.1) is 0 Å². The van der Waals surface area contributed by atoms with Gasteiger partial charge in [-0.1, -0.05) is 6.58 Å². The summed E-state index contributed by atoms with van der Waals surface area (Å²) in [4.78, 5) is 27.1. The Bertz CT molecular complexity index is 718. The van der Waals surface area contributed by atoms with Gasteiger partial charge in [0.25, 0.3) is 5.91 Å². The summed E-state index contributed by atoms with van der Waals surface area (Å²) in [5.74, 6) is -0.295. The van der Waals surface area contributed by atoms with Gasteiger partial charge in [-0.25, -0.2) is 0 Å². The lowest BCUT2D eigenvalue weighted by Crippen LogP contribution is -2.27. The average Bonchev–Trinajstić information content (AvgIpc) is 2.97. The zero-order valence-electron chi connectivity index (χ0n) is 13.6. The smallest absolute Gasteiger partial charge is 0.253 e. The number of anilines is 1. The Kier molecular flexibility index (Phi) is 4.95. The van der Waals surface area contributed by atoms with Crippen LogP contribution in [0.2, 0.25) is 0 Å². The molecule has 0 N–H and O–H groups in total. The van der Waals surface area contributed by atoms with Gasteiger partial charge in [0.15, 0.2) is 0 Å². The SMILES string of the molecule is C=CC(=O)N(C)c1ccc(C(=O)N(C)Cc2ccn(C)n2)cc1. The molecule has 23 heavy (non-hydrogen) atoms. The quantitative estimate of drug-likeness (QED) is 0.792. The van der Waals surface area contributed by atoms with Gasteiger partial charge in [-0.05, 0) is 36.4 Å². The summed E-state index contributed by atoms with van der Waals surface area (Å²) in [7, 11) is 5.23. The van der Waals surface area contributed by atoms with E-state index in [0.717, 1.165) is 5.69 Å². The predicted molar refractivity (Wildman–Crippen MR) is 89.1 cm³/mol. The molecule has 1 heterocycles. The zero-order chi connectivity index (χ0) is 17.0. The van der Waals surface area contributed by atoms with Crippen LogP contribution in [0.25, 0.3) is 0 Å². The largest absolute Gasteiger partial charge is 0.336 e. The molecule has 0 aliphatic carbocycles. The first-order chi connectivity index (χ1) is 10.9. The minimum Gasteiger partial charge on any atom is -0.336 e. The maximum atomic E-state index is 12.4. The highest BCUT2D eigenvalue weighted by molar-refractivity contribution is 6.01. The van der Waals surface area contributed by atoms with Crippen molar-refractivity contribution >= 4 is 17.5 Å². The van der Waals surface area contributed by atoms with Crippen molar-refractivity contribution in [3.8, 4) is 0 Å². The van der Waals surface area contributed by atoms with Gasteiger partial charge in [0.2, 0.25) is 5.91 Å². The van der Waals surface area contributed by atoms with Crippen LogP contribution >= 0.6 is 0 Å². The Morgan fingerprint density at radius 1 is 1.22 bits per heavy atom. The summed E-state index contributed by atoms with van der Waals surface area (Å²) in [5.41, 5.74) is 2.10. The molecule has 0 radical (unpaired) electrons. The molecule has 0 aliphatic rings. The first-order valence-corrected chi connectivity index (χ1v) is 7.16. The summed E-state index contributed by atoms with van der Waals surface area (Å²) < 4.78 is 1.70. The number of carbonyl (C=O) groups is 2. The van der Waals surface area contributed by atoms with Crippen molar-refractivity contribution in [2.75, 3.05) is 19.0 Å². The lowest BCUT2D eigenvalue weighted by molar-refractivity contribution is -0.113. The van der Waals surface area contributed by atoms with Gasteiger partial charge in [0.05, 0.1) is 12.2 Å². The summed E-state index contributed by atoms with van der Waals surface area (Å²) in [6.45, 7) is 3.90. The predicted octanol–water partition coefficient (Wildman–Crippen LogP) is 1.84. The Hall–Kier alpha value is -2.89. The molecular weight excluding hydrogens is 292 g/mol. The van der Waals surface area contributed by atoms with E-state index < -0.39 is 0 Å². The Morgan fingerprint density at radius 3 is 2.39 bits per heavy atom. The van der Waals surface area contributed by atoms with E-state index in [9.17, 15) is 9.59 Å². The van der Waals surface area contributed by atoms with Crippen LogP contribution in [0.1, 0.15) is 16.1 Å². The highest BCUT2D eigenvalue weighted by Crippen LogP contribution is 2.16. The van der Waals surface area contributed by atoms with E-state index in [-0.39, 0.29) is 11.8 Å². The Labute approximate surface area is 135 Å². The number of aryl methyl sites for hydroxylation is 1. The fraction of sp³-hybridized carbons (Fsp3) is 0.235. The minimum atomic E-state index is -0.198. The lowest BCUT2D eigenvalue weighted by Gasteiger charge is -2.18. The van der Waals surface area contributed by atoms with E-state index in [1.807, 2.05) is 19.3 Å². The number of amides is 2. The number of aromatic nitrogens is 2. The normalized spacial score (nSPS) is 10.2. The summed E-state index contributed by atoms with van der Waals surface area (Å²) in [6, 6.07) is 8.77. The van der Waals surface area contributed by atoms with Gasteiger partial charge < -0.3 is 9.80 Å². The van der Waals surface area contributed by atoms with Crippen molar-refractivity contribution in [3.63, 3.8) is 0 Å². The standard InChI is InChI=1S/C17H20N4O2/c1-5-16(22)21(4)15-8-6-13(7-9-15)17(23)19(2)12-14-10-11-20(3)18-14/h5-11H,1,12H2,2-4H3. The summed E-state index contributed by atoms with van der Waals surface area (Å²) >= 11 is 0. The van der Waals surface area contributed by atoms with Crippen LogP contribution in [-0.2, 0) is 18.4 Å². The molecule has 0 aliphatic heterocycles. The molecule has 1 aromatic carbocycles. The van der Waals surface area contributed by atoms with Crippen LogP contribution in [0.4, 0.5) is 5.69 Å². The Balaban J connectivity index is 2.07. The van der Waals surface area contributed by atoms with E-state index in [1.165, 1.54) is 11.0 Å². The van der Waals surface area contributed by atoms with Crippen LogP contribution in [0.5, 0.6) is 0 Å².